The molecule has 300 valence electrons. The summed E-state index contributed by atoms with van der Waals surface area (Å²) in [5.41, 5.74) is 0.0142. The molecule has 1 saturated heterocycles. The summed E-state index contributed by atoms with van der Waals surface area (Å²) < 4.78 is 57.0. The first-order chi connectivity index (χ1) is 25.5. The lowest BCUT2D eigenvalue weighted by Crippen LogP contribution is -2.52. The van der Waals surface area contributed by atoms with Gasteiger partial charge in [0.1, 0.15) is 23.5 Å². The summed E-state index contributed by atoms with van der Waals surface area (Å²) in [5.74, 6) is 0.567. The largest absolute Gasteiger partial charge is 0.493 e. The Hall–Kier alpha value is -4.58. The topological polar surface area (TPSA) is 164 Å². The summed E-state index contributed by atoms with van der Waals surface area (Å²) in [6.45, 7) is 12.4. The second kappa shape index (κ2) is 17.9. The van der Waals surface area contributed by atoms with Gasteiger partial charge in [-0.15, -0.1) is 0 Å². The van der Waals surface area contributed by atoms with Crippen molar-refractivity contribution < 1.29 is 41.7 Å². The molecule has 1 amide bonds. The van der Waals surface area contributed by atoms with E-state index in [1.165, 1.54) is 17.4 Å². The van der Waals surface area contributed by atoms with E-state index in [1.54, 1.807) is 66.6 Å². The van der Waals surface area contributed by atoms with Crippen LogP contribution in [0.15, 0.2) is 66.0 Å². The molecule has 4 aromatic rings. The summed E-state index contributed by atoms with van der Waals surface area (Å²) in [5, 5.41) is 3.83. The molecule has 55 heavy (non-hydrogen) atoms. The number of esters is 1. The van der Waals surface area contributed by atoms with E-state index in [9.17, 15) is 18.0 Å². The van der Waals surface area contributed by atoms with Crippen LogP contribution in [0.25, 0.3) is 11.0 Å². The van der Waals surface area contributed by atoms with E-state index >= 15 is 0 Å². The van der Waals surface area contributed by atoms with E-state index in [0.717, 1.165) is 0 Å². The van der Waals surface area contributed by atoms with Crippen molar-refractivity contribution >= 4 is 58.1 Å². The number of anilines is 2. The fraction of sp³-hybridized carbons (Fsp3) is 0.474. The molecule has 0 aliphatic carbocycles. The molecule has 3 heterocycles. The lowest BCUT2D eigenvalue weighted by Gasteiger charge is -2.36. The molecule has 15 nitrogen and oxygen atoms in total. The lowest BCUT2D eigenvalue weighted by atomic mass is 10.1. The lowest BCUT2D eigenvalue weighted by molar-refractivity contribution is -0.145. The average Bonchev–Trinajstić information content (AvgIpc) is 3.64. The number of benzene rings is 2. The van der Waals surface area contributed by atoms with Crippen LogP contribution < -0.4 is 14.8 Å². The molecule has 1 fully saturated rings. The van der Waals surface area contributed by atoms with Gasteiger partial charge < -0.3 is 33.9 Å². The van der Waals surface area contributed by atoms with Crippen LogP contribution in [0.4, 0.5) is 16.3 Å². The Bertz CT molecular complexity index is 2050. The van der Waals surface area contributed by atoms with Crippen molar-refractivity contribution in [3.8, 4) is 11.5 Å². The second-order valence-electron chi connectivity index (χ2n) is 14.4. The van der Waals surface area contributed by atoms with E-state index in [1.807, 2.05) is 41.7 Å². The highest BCUT2D eigenvalue weighted by Gasteiger charge is 2.46. The number of likely N-dealkylation sites (N-methyl/N-ethyl adjacent to an activating group) is 1. The van der Waals surface area contributed by atoms with Crippen molar-refractivity contribution in [3.05, 3.63) is 66.6 Å². The van der Waals surface area contributed by atoms with Crippen LogP contribution in [0.3, 0.4) is 0 Å². The molecule has 17 heteroatoms. The maximum Gasteiger partial charge on any atom is 0.412 e. The highest BCUT2D eigenvalue weighted by atomic mass is 32.2. The number of ether oxygens (including phenoxy) is 5. The molecular weight excluding hydrogens is 749 g/mol. The van der Waals surface area contributed by atoms with Gasteiger partial charge in [-0.25, -0.2) is 31.9 Å². The first-order valence-electron chi connectivity index (χ1n) is 17.8. The van der Waals surface area contributed by atoms with Crippen LogP contribution in [0.2, 0.25) is 0 Å². The molecule has 0 radical (unpaired) electrons. The number of amides is 1. The van der Waals surface area contributed by atoms with Crippen molar-refractivity contribution in [2.75, 3.05) is 52.4 Å². The third kappa shape index (κ3) is 10.4. The zero-order chi connectivity index (χ0) is 39.3. The standard InChI is InChI=1S/C38H50N6O9S.H2S/c1-9-50-32(45)24-51-31-20-27(17-18-30(31)49-8)41-34-33-26(21-43(35(33)40-25-39-34)54(47,48)29-15-11-10-12-16-29)14-13-19-42(7)22-28-23-52-38(5,6)44(28)36(46)53-37(2,3)4;/h10-12,15-18,20-21,25,28H,9,13-14,19,22-24H2,1-8H3,(H,39,40,41);1H2. The Morgan fingerprint density at radius 3 is 2.49 bits per heavy atom. The summed E-state index contributed by atoms with van der Waals surface area (Å²) >= 11 is 0. The molecule has 1 N–H and O–H groups in total. The molecule has 2 aromatic carbocycles. The zero-order valence-electron chi connectivity index (χ0n) is 32.6. The van der Waals surface area contributed by atoms with Gasteiger partial charge in [-0.1, -0.05) is 18.2 Å². The van der Waals surface area contributed by atoms with Gasteiger partial charge in [0.15, 0.2) is 23.8 Å². The third-order valence-corrected chi connectivity index (χ3v) is 10.3. The molecule has 1 aliphatic rings. The van der Waals surface area contributed by atoms with Crippen LogP contribution >= 0.6 is 13.5 Å². The number of nitrogens with one attached hydrogen (secondary N) is 1. The number of fused-ring (bicyclic) bond motifs is 1. The number of hydrogen-bond donors (Lipinski definition) is 1. The summed E-state index contributed by atoms with van der Waals surface area (Å²) in [6, 6.07) is 13.1. The molecule has 0 saturated carbocycles. The van der Waals surface area contributed by atoms with Crippen LogP contribution in [-0.4, -0.2) is 109 Å². The minimum atomic E-state index is -4.02. The smallest absolute Gasteiger partial charge is 0.412 e. The van der Waals surface area contributed by atoms with E-state index in [4.69, 9.17) is 23.7 Å². The molecular formula is C38H52N6O9S2. The Balaban J connectivity index is 0.00000673. The molecule has 1 atom stereocenters. The second-order valence-corrected chi connectivity index (χ2v) is 16.2. The highest BCUT2D eigenvalue weighted by molar-refractivity contribution is 7.90. The number of aromatic nitrogens is 3. The van der Waals surface area contributed by atoms with Crippen molar-refractivity contribution in [1.29, 1.82) is 0 Å². The summed E-state index contributed by atoms with van der Waals surface area (Å²) in [6.07, 6.45) is 3.62. The van der Waals surface area contributed by atoms with Crippen LogP contribution in [0.1, 0.15) is 53.5 Å². The van der Waals surface area contributed by atoms with Gasteiger partial charge in [0.2, 0.25) is 0 Å². The molecule has 2 aromatic heterocycles. The number of rotatable bonds is 15. The number of methoxy groups -OCH3 is 1. The number of aryl methyl sites for hydroxylation is 1. The minimum absolute atomic E-state index is 0. The van der Waals surface area contributed by atoms with Crippen LogP contribution in [-0.2, 0) is 35.4 Å². The van der Waals surface area contributed by atoms with Gasteiger partial charge in [-0.3, -0.25) is 4.90 Å². The van der Waals surface area contributed by atoms with Gasteiger partial charge in [-0.2, -0.15) is 13.5 Å². The molecule has 1 aliphatic heterocycles. The van der Waals surface area contributed by atoms with Crippen molar-refractivity contribution in [2.24, 2.45) is 0 Å². The van der Waals surface area contributed by atoms with Crippen molar-refractivity contribution in [1.82, 2.24) is 23.7 Å². The first-order valence-corrected chi connectivity index (χ1v) is 19.2. The Morgan fingerprint density at radius 2 is 1.82 bits per heavy atom. The molecule has 0 bridgehead atoms. The van der Waals surface area contributed by atoms with Gasteiger partial charge in [0.25, 0.3) is 10.0 Å². The molecule has 5 rings (SSSR count). The highest BCUT2D eigenvalue weighted by Crippen LogP contribution is 2.35. The number of hydrogen-bond acceptors (Lipinski definition) is 13. The van der Waals surface area contributed by atoms with Gasteiger partial charge in [0.05, 0.1) is 36.6 Å². The van der Waals surface area contributed by atoms with Gasteiger partial charge >= 0.3 is 12.1 Å². The third-order valence-electron chi connectivity index (χ3n) is 8.68. The molecule has 0 spiro atoms. The Kier molecular flexibility index (Phi) is 14.1. The first kappa shape index (κ1) is 43.2. The maximum atomic E-state index is 14.0. The van der Waals surface area contributed by atoms with Crippen LogP contribution in [0, 0.1) is 0 Å². The van der Waals surface area contributed by atoms with E-state index in [2.05, 4.69) is 20.2 Å². The Morgan fingerprint density at radius 1 is 1.09 bits per heavy atom. The maximum absolute atomic E-state index is 14.0. The van der Waals surface area contributed by atoms with Gasteiger partial charge in [0, 0.05) is 24.5 Å². The molecule has 1 unspecified atom stereocenters. The van der Waals surface area contributed by atoms with E-state index in [-0.39, 0.29) is 43.3 Å². The van der Waals surface area contributed by atoms with Crippen molar-refractivity contribution in [2.45, 2.75) is 76.6 Å². The predicted octanol–water partition coefficient (Wildman–Crippen LogP) is 5.71. The number of carbonyl (C=O) groups is 2. The zero-order valence-corrected chi connectivity index (χ0v) is 34.4. The monoisotopic (exact) mass is 800 g/mol. The predicted molar refractivity (Wildman–Crippen MR) is 213 cm³/mol. The van der Waals surface area contributed by atoms with Gasteiger partial charge in [-0.05, 0) is 97.8 Å². The quantitative estimate of drug-likeness (QED) is 0.146. The SMILES string of the molecule is CCOC(=O)COc1cc(Nc2ncnc3c2c(CCCN(C)CC2COC(C)(C)N2C(=O)OC(C)(C)C)cn3S(=O)(=O)c2ccccc2)ccc1OC.S. The fourth-order valence-electron chi connectivity index (χ4n) is 6.31. The number of carbonyl (C=O) groups excluding carboxylic acids is 2. The summed E-state index contributed by atoms with van der Waals surface area (Å²) in [7, 11) is -0.553. The number of nitrogens with zero attached hydrogens (tertiary/aromatic N) is 5. The van der Waals surface area contributed by atoms with E-state index < -0.39 is 33.4 Å². The normalized spacial score (nSPS) is 15.4. The average molecular weight is 801 g/mol. The minimum Gasteiger partial charge on any atom is -0.493 e. The fourth-order valence-corrected chi connectivity index (χ4v) is 7.67. The van der Waals surface area contributed by atoms with Crippen LogP contribution in [0.5, 0.6) is 11.5 Å². The van der Waals surface area contributed by atoms with E-state index in [0.29, 0.717) is 66.5 Å². The Labute approximate surface area is 329 Å². The van der Waals surface area contributed by atoms with Crippen molar-refractivity contribution in [3.63, 3.8) is 0 Å². The summed E-state index contributed by atoms with van der Waals surface area (Å²) in [4.78, 5) is 38.0.